The summed E-state index contributed by atoms with van der Waals surface area (Å²) < 4.78 is 25.8. The van der Waals surface area contributed by atoms with Crippen molar-refractivity contribution < 1.29 is 13.2 Å². The average Bonchev–Trinajstić information content (AvgIpc) is 2.80. The van der Waals surface area contributed by atoms with Gasteiger partial charge in [0.15, 0.2) is 0 Å². The summed E-state index contributed by atoms with van der Waals surface area (Å²) in [5.41, 5.74) is 1.91. The van der Waals surface area contributed by atoms with Gasteiger partial charge in [0.1, 0.15) is 5.82 Å². The molecule has 23 heavy (non-hydrogen) atoms. The summed E-state index contributed by atoms with van der Waals surface area (Å²) in [4.78, 5) is 18.3. The van der Waals surface area contributed by atoms with Crippen LogP contribution < -0.4 is 0 Å². The van der Waals surface area contributed by atoms with Crippen LogP contribution in [-0.2, 0) is 28.4 Å². The molecule has 0 aliphatic carbocycles. The summed E-state index contributed by atoms with van der Waals surface area (Å²) >= 11 is 0. The second-order valence-electron chi connectivity index (χ2n) is 5.66. The molecule has 8 heteroatoms. The molecular weight excluding hydrogens is 316 g/mol. The van der Waals surface area contributed by atoms with E-state index in [1.807, 2.05) is 35.9 Å². The molecule has 0 aliphatic heterocycles. The van der Waals surface area contributed by atoms with Crippen LogP contribution in [0.5, 0.6) is 0 Å². The Morgan fingerprint density at radius 2 is 1.91 bits per heavy atom. The van der Waals surface area contributed by atoms with Crippen LogP contribution in [0.4, 0.5) is 0 Å². The smallest absolute Gasteiger partial charge is 0.224 e. The zero-order valence-corrected chi connectivity index (χ0v) is 14.7. The number of carbonyl (C=O) groups excluding carboxylic acids is 1. The maximum Gasteiger partial charge on any atom is 0.224 e. The first kappa shape index (κ1) is 17.4. The van der Waals surface area contributed by atoms with Gasteiger partial charge in [-0.2, -0.15) is 0 Å². The third-order valence-electron chi connectivity index (χ3n) is 3.89. The van der Waals surface area contributed by atoms with Gasteiger partial charge >= 0.3 is 0 Å². The van der Waals surface area contributed by atoms with Gasteiger partial charge in [0.2, 0.25) is 15.9 Å². The van der Waals surface area contributed by atoms with Crippen LogP contribution in [0.2, 0.25) is 0 Å². The summed E-state index contributed by atoms with van der Waals surface area (Å²) in [6, 6.07) is 7.79. The molecule has 0 N–H and O–H groups in total. The molecule has 0 aliphatic rings. The van der Waals surface area contributed by atoms with Crippen LogP contribution in [0, 0.1) is 0 Å². The van der Waals surface area contributed by atoms with Crippen molar-refractivity contribution in [1.29, 1.82) is 0 Å². The number of hydrogen-bond donors (Lipinski definition) is 0. The van der Waals surface area contributed by atoms with Crippen LogP contribution in [-0.4, -0.2) is 60.0 Å². The van der Waals surface area contributed by atoms with E-state index in [9.17, 15) is 13.2 Å². The van der Waals surface area contributed by atoms with Crippen molar-refractivity contribution in [3.63, 3.8) is 0 Å². The van der Waals surface area contributed by atoms with Crippen LogP contribution >= 0.6 is 0 Å². The van der Waals surface area contributed by atoms with Gasteiger partial charge in [-0.15, -0.1) is 0 Å². The lowest BCUT2D eigenvalue weighted by Gasteiger charge is -2.19. The fourth-order valence-corrected chi connectivity index (χ4v) is 2.67. The minimum atomic E-state index is -3.26. The standard InChI is InChI=1S/C15H22N4O3S/c1-17(15(20)9-10-18(2)23(4,21)22)11-14-16-12-7-5-6-8-13(12)19(14)3/h5-8H,9-11H2,1-4H3. The maximum absolute atomic E-state index is 12.2. The summed E-state index contributed by atoms with van der Waals surface area (Å²) in [7, 11) is 1.82. The fourth-order valence-electron chi connectivity index (χ4n) is 2.25. The number of para-hydroxylation sites is 2. The van der Waals surface area contributed by atoms with Gasteiger partial charge in [-0.1, -0.05) is 12.1 Å². The highest BCUT2D eigenvalue weighted by molar-refractivity contribution is 7.88. The number of amides is 1. The number of sulfonamides is 1. The first-order valence-electron chi connectivity index (χ1n) is 7.25. The Kier molecular flexibility index (Phi) is 5.06. The van der Waals surface area contributed by atoms with Gasteiger partial charge in [-0.3, -0.25) is 4.79 Å². The molecule has 2 aromatic rings. The second-order valence-corrected chi connectivity index (χ2v) is 7.75. The quantitative estimate of drug-likeness (QED) is 0.781. The summed E-state index contributed by atoms with van der Waals surface area (Å²) in [6.07, 6.45) is 1.27. The minimum absolute atomic E-state index is 0.118. The first-order valence-corrected chi connectivity index (χ1v) is 9.10. The number of hydrogen-bond acceptors (Lipinski definition) is 4. The highest BCUT2D eigenvalue weighted by atomic mass is 32.2. The molecule has 1 aromatic carbocycles. The number of benzene rings is 1. The number of fused-ring (bicyclic) bond motifs is 1. The molecule has 1 aromatic heterocycles. The van der Waals surface area contributed by atoms with Crippen LogP contribution in [0.3, 0.4) is 0 Å². The molecule has 0 bridgehead atoms. The van der Waals surface area contributed by atoms with Crippen LogP contribution in [0.1, 0.15) is 12.2 Å². The molecule has 0 spiro atoms. The largest absolute Gasteiger partial charge is 0.338 e. The van der Waals surface area contributed by atoms with E-state index < -0.39 is 10.0 Å². The summed E-state index contributed by atoms with van der Waals surface area (Å²) in [5.74, 6) is 0.672. The normalized spacial score (nSPS) is 12.0. The fraction of sp³-hybridized carbons (Fsp3) is 0.467. The van der Waals surface area contributed by atoms with Crippen LogP contribution in [0.25, 0.3) is 11.0 Å². The Morgan fingerprint density at radius 1 is 1.26 bits per heavy atom. The van der Waals surface area contributed by atoms with E-state index in [1.54, 1.807) is 11.9 Å². The molecule has 0 atom stereocenters. The number of aromatic nitrogens is 2. The van der Waals surface area contributed by atoms with Crippen molar-refractivity contribution >= 4 is 27.0 Å². The SMILES string of the molecule is CN(Cc1nc2ccccc2n1C)C(=O)CCN(C)S(C)(=O)=O. The predicted molar refractivity (Wildman–Crippen MR) is 89.3 cm³/mol. The second kappa shape index (κ2) is 6.67. The van der Waals surface area contributed by atoms with Gasteiger partial charge in [-0.05, 0) is 12.1 Å². The van der Waals surface area contributed by atoms with Crippen LogP contribution in [0.15, 0.2) is 24.3 Å². The van der Waals surface area contributed by atoms with Gasteiger partial charge < -0.3 is 9.47 Å². The van der Waals surface area contributed by atoms with Crippen molar-refractivity contribution in [3.05, 3.63) is 30.1 Å². The summed E-state index contributed by atoms with van der Waals surface area (Å²) in [5, 5.41) is 0. The molecule has 1 heterocycles. The van der Waals surface area contributed by atoms with Crippen molar-refractivity contribution in [1.82, 2.24) is 18.8 Å². The molecule has 0 saturated carbocycles. The lowest BCUT2D eigenvalue weighted by molar-refractivity contribution is -0.130. The highest BCUT2D eigenvalue weighted by Gasteiger charge is 2.17. The van der Waals surface area contributed by atoms with E-state index in [0.29, 0.717) is 6.54 Å². The Bertz CT molecular complexity index is 813. The number of carbonyl (C=O) groups is 1. The average molecular weight is 338 g/mol. The van der Waals surface area contributed by atoms with E-state index in [2.05, 4.69) is 4.98 Å². The number of nitrogens with zero attached hydrogens (tertiary/aromatic N) is 4. The third kappa shape index (κ3) is 4.08. The lowest BCUT2D eigenvalue weighted by atomic mass is 10.3. The molecule has 1 amide bonds. The molecule has 2 rings (SSSR count). The Morgan fingerprint density at radius 3 is 2.52 bits per heavy atom. The minimum Gasteiger partial charge on any atom is -0.338 e. The Labute approximate surface area is 136 Å². The number of rotatable bonds is 6. The van der Waals surface area contributed by atoms with Gasteiger partial charge in [-0.25, -0.2) is 17.7 Å². The van der Waals surface area contributed by atoms with E-state index in [-0.39, 0.29) is 18.9 Å². The van der Waals surface area contributed by atoms with E-state index in [4.69, 9.17) is 0 Å². The summed E-state index contributed by atoms with van der Waals surface area (Å²) in [6.45, 7) is 0.553. The molecule has 0 radical (unpaired) electrons. The maximum atomic E-state index is 12.2. The van der Waals surface area contributed by atoms with Gasteiger partial charge in [0.25, 0.3) is 0 Å². The molecule has 0 saturated heterocycles. The Balaban J connectivity index is 2.01. The zero-order valence-electron chi connectivity index (χ0n) is 13.9. The topological polar surface area (TPSA) is 75.5 Å². The molecule has 0 unspecified atom stereocenters. The monoisotopic (exact) mass is 338 g/mol. The van der Waals surface area contributed by atoms with Gasteiger partial charge in [0, 0.05) is 34.1 Å². The number of imidazole rings is 1. The van der Waals surface area contributed by atoms with E-state index in [1.165, 1.54) is 11.4 Å². The predicted octanol–water partition coefficient (Wildman–Crippen LogP) is 0.813. The Hall–Kier alpha value is -1.93. The van der Waals surface area contributed by atoms with Crippen molar-refractivity contribution in [2.75, 3.05) is 26.9 Å². The zero-order chi connectivity index (χ0) is 17.2. The molecule has 7 nitrogen and oxygen atoms in total. The lowest BCUT2D eigenvalue weighted by Crippen LogP contribution is -2.33. The third-order valence-corrected chi connectivity index (χ3v) is 5.21. The van der Waals surface area contributed by atoms with E-state index in [0.717, 1.165) is 23.1 Å². The van der Waals surface area contributed by atoms with Crippen molar-refractivity contribution in [2.45, 2.75) is 13.0 Å². The molecule has 0 fully saturated rings. The highest BCUT2D eigenvalue weighted by Crippen LogP contribution is 2.15. The van der Waals surface area contributed by atoms with E-state index >= 15 is 0 Å². The molecule has 126 valence electrons. The van der Waals surface area contributed by atoms with Crippen molar-refractivity contribution in [3.8, 4) is 0 Å². The molecular formula is C15H22N4O3S. The van der Waals surface area contributed by atoms with Crippen molar-refractivity contribution in [2.24, 2.45) is 7.05 Å². The number of aryl methyl sites for hydroxylation is 1. The van der Waals surface area contributed by atoms with Gasteiger partial charge in [0.05, 0.1) is 23.8 Å². The first-order chi connectivity index (χ1) is 10.7.